The lowest BCUT2D eigenvalue weighted by atomic mass is 9.82. The van der Waals surface area contributed by atoms with Crippen molar-refractivity contribution in [2.75, 3.05) is 6.54 Å². The monoisotopic (exact) mass is 343 g/mol. The van der Waals surface area contributed by atoms with Crippen molar-refractivity contribution in [1.29, 1.82) is 0 Å². The van der Waals surface area contributed by atoms with E-state index in [0.717, 1.165) is 30.4 Å². The lowest BCUT2D eigenvalue weighted by Gasteiger charge is -2.25. The quantitative estimate of drug-likeness (QED) is 0.874. The number of aliphatic carboxylic acids is 1. The van der Waals surface area contributed by atoms with E-state index in [1.54, 1.807) is 30.4 Å². The number of hydrogen-bond donors (Lipinski definition) is 2. The molecule has 0 fully saturated rings. The molecule has 0 saturated carbocycles. The first-order valence-corrected chi connectivity index (χ1v) is 9.06. The van der Waals surface area contributed by atoms with Crippen LogP contribution in [-0.4, -0.2) is 23.5 Å². The Bertz CT molecular complexity index is 753. The molecule has 0 saturated heterocycles. The van der Waals surface area contributed by atoms with Crippen LogP contribution in [0, 0.1) is 0 Å². The van der Waals surface area contributed by atoms with Crippen LogP contribution in [-0.2, 0) is 23.1 Å². The van der Waals surface area contributed by atoms with Crippen molar-refractivity contribution in [3.05, 3.63) is 57.3 Å². The van der Waals surface area contributed by atoms with Crippen LogP contribution in [0.15, 0.2) is 35.7 Å². The third-order valence-corrected chi connectivity index (χ3v) is 5.88. The van der Waals surface area contributed by atoms with Gasteiger partial charge in [-0.05, 0) is 43.7 Å². The Morgan fingerprint density at radius 2 is 1.92 bits per heavy atom. The molecular weight excluding hydrogens is 322 g/mol. The topological polar surface area (TPSA) is 66.4 Å². The molecule has 1 heterocycles. The minimum Gasteiger partial charge on any atom is -0.481 e. The van der Waals surface area contributed by atoms with Crippen LogP contribution in [0.1, 0.15) is 46.1 Å². The summed E-state index contributed by atoms with van der Waals surface area (Å²) in [5.74, 6) is -1.11. The molecule has 1 unspecified atom stereocenters. The van der Waals surface area contributed by atoms with Crippen molar-refractivity contribution in [1.82, 2.24) is 5.32 Å². The standard InChI is InChI=1S/C19H21NO3S/c1-19(18(22)23,13-7-3-2-4-8-13)12-20-17(21)15-11-24-16-10-6-5-9-14(15)16/h2-4,7-8,11H,5-6,9-10,12H2,1H3,(H,20,21)(H,22,23). The number of thiophene rings is 1. The van der Waals surface area contributed by atoms with Gasteiger partial charge in [0, 0.05) is 16.8 Å². The molecule has 3 rings (SSSR count). The van der Waals surface area contributed by atoms with E-state index in [0.29, 0.717) is 5.56 Å². The second-order valence-electron chi connectivity index (χ2n) is 6.44. The number of rotatable bonds is 5. The van der Waals surface area contributed by atoms with Gasteiger partial charge in [-0.3, -0.25) is 9.59 Å². The van der Waals surface area contributed by atoms with E-state index in [-0.39, 0.29) is 12.5 Å². The maximum absolute atomic E-state index is 12.6. The van der Waals surface area contributed by atoms with Crippen LogP contribution in [0.3, 0.4) is 0 Å². The molecule has 0 bridgehead atoms. The van der Waals surface area contributed by atoms with Gasteiger partial charge in [0.15, 0.2) is 0 Å². The molecule has 1 aliphatic rings. The van der Waals surface area contributed by atoms with E-state index >= 15 is 0 Å². The molecule has 2 aromatic rings. The Morgan fingerprint density at radius 1 is 1.21 bits per heavy atom. The average molecular weight is 343 g/mol. The second-order valence-corrected chi connectivity index (χ2v) is 7.41. The number of carboxylic acids is 1. The zero-order chi connectivity index (χ0) is 17.2. The number of carboxylic acid groups (broad SMARTS) is 1. The number of nitrogens with one attached hydrogen (secondary N) is 1. The number of carbonyl (C=O) groups excluding carboxylic acids is 1. The minimum atomic E-state index is -1.15. The highest BCUT2D eigenvalue weighted by molar-refractivity contribution is 7.10. The minimum absolute atomic E-state index is 0.0653. The van der Waals surface area contributed by atoms with Gasteiger partial charge in [-0.25, -0.2) is 0 Å². The summed E-state index contributed by atoms with van der Waals surface area (Å²) in [7, 11) is 0. The first kappa shape index (κ1) is 16.7. The smallest absolute Gasteiger partial charge is 0.315 e. The maximum Gasteiger partial charge on any atom is 0.315 e. The third-order valence-electron chi connectivity index (χ3n) is 4.79. The second kappa shape index (κ2) is 6.77. The average Bonchev–Trinajstić information content (AvgIpc) is 3.04. The Labute approximate surface area is 145 Å². The molecule has 1 atom stereocenters. The molecule has 0 radical (unpaired) electrons. The molecule has 1 aromatic carbocycles. The first-order valence-electron chi connectivity index (χ1n) is 8.19. The van der Waals surface area contributed by atoms with Crippen molar-refractivity contribution in [3.63, 3.8) is 0 Å². The Hall–Kier alpha value is -2.14. The SMILES string of the molecule is CC(CNC(=O)c1csc2c1CCCC2)(C(=O)O)c1ccccc1. The summed E-state index contributed by atoms with van der Waals surface area (Å²) in [6.07, 6.45) is 4.28. The van der Waals surface area contributed by atoms with Gasteiger partial charge in [-0.1, -0.05) is 30.3 Å². The van der Waals surface area contributed by atoms with Crippen LogP contribution in [0.2, 0.25) is 0 Å². The summed E-state index contributed by atoms with van der Waals surface area (Å²) in [6, 6.07) is 9.04. The van der Waals surface area contributed by atoms with Gasteiger partial charge in [0.25, 0.3) is 5.91 Å². The highest BCUT2D eigenvalue weighted by atomic mass is 32.1. The van der Waals surface area contributed by atoms with E-state index in [2.05, 4.69) is 5.32 Å². The highest BCUT2D eigenvalue weighted by Crippen LogP contribution is 2.30. The van der Waals surface area contributed by atoms with Crippen molar-refractivity contribution in [3.8, 4) is 0 Å². The Balaban J connectivity index is 1.77. The van der Waals surface area contributed by atoms with E-state index < -0.39 is 11.4 Å². The van der Waals surface area contributed by atoms with Gasteiger partial charge >= 0.3 is 5.97 Å². The number of hydrogen-bond acceptors (Lipinski definition) is 3. The molecule has 0 aliphatic heterocycles. The number of fused-ring (bicyclic) bond motifs is 1. The van der Waals surface area contributed by atoms with Crippen molar-refractivity contribution in [2.45, 2.75) is 38.0 Å². The normalized spacial score (nSPS) is 16.0. The predicted octanol–water partition coefficient (Wildman–Crippen LogP) is 3.40. The van der Waals surface area contributed by atoms with Crippen LogP contribution < -0.4 is 5.32 Å². The summed E-state index contributed by atoms with van der Waals surface area (Å²) in [6.45, 7) is 1.71. The van der Waals surface area contributed by atoms with Gasteiger partial charge < -0.3 is 10.4 Å². The molecule has 24 heavy (non-hydrogen) atoms. The zero-order valence-electron chi connectivity index (χ0n) is 13.7. The lowest BCUT2D eigenvalue weighted by molar-refractivity contribution is -0.142. The van der Waals surface area contributed by atoms with Gasteiger partial charge in [0.1, 0.15) is 5.41 Å². The number of aryl methyl sites for hydroxylation is 1. The fraction of sp³-hybridized carbons (Fsp3) is 0.368. The van der Waals surface area contributed by atoms with Crippen LogP contribution in [0.25, 0.3) is 0 Å². The number of amides is 1. The van der Waals surface area contributed by atoms with E-state index in [9.17, 15) is 14.7 Å². The van der Waals surface area contributed by atoms with Crippen LogP contribution in [0.5, 0.6) is 0 Å². The fourth-order valence-corrected chi connectivity index (χ4v) is 4.27. The molecule has 5 heteroatoms. The molecule has 126 valence electrons. The van der Waals surface area contributed by atoms with E-state index in [1.165, 1.54) is 11.3 Å². The van der Waals surface area contributed by atoms with Gasteiger partial charge in [-0.15, -0.1) is 11.3 Å². The summed E-state index contributed by atoms with van der Waals surface area (Å²) < 4.78 is 0. The van der Waals surface area contributed by atoms with E-state index in [4.69, 9.17) is 0 Å². The van der Waals surface area contributed by atoms with Crippen LogP contribution in [0.4, 0.5) is 0 Å². The maximum atomic E-state index is 12.6. The van der Waals surface area contributed by atoms with Gasteiger partial charge in [0.05, 0.1) is 5.56 Å². The largest absolute Gasteiger partial charge is 0.481 e. The Morgan fingerprint density at radius 3 is 2.62 bits per heavy atom. The lowest BCUT2D eigenvalue weighted by Crippen LogP contribution is -2.44. The third kappa shape index (κ3) is 3.08. The van der Waals surface area contributed by atoms with Gasteiger partial charge in [0.2, 0.25) is 0 Å². The molecule has 0 spiro atoms. The molecule has 1 aromatic heterocycles. The predicted molar refractivity (Wildman–Crippen MR) is 94.7 cm³/mol. The molecule has 2 N–H and O–H groups in total. The fourth-order valence-electron chi connectivity index (χ4n) is 3.14. The summed E-state index contributed by atoms with van der Waals surface area (Å²) >= 11 is 1.64. The van der Waals surface area contributed by atoms with Crippen LogP contribution >= 0.6 is 11.3 Å². The number of carbonyl (C=O) groups is 2. The highest BCUT2D eigenvalue weighted by Gasteiger charge is 2.36. The molecular formula is C19H21NO3S. The van der Waals surface area contributed by atoms with Gasteiger partial charge in [-0.2, -0.15) is 0 Å². The van der Waals surface area contributed by atoms with Crippen molar-refractivity contribution < 1.29 is 14.7 Å². The van der Waals surface area contributed by atoms with Crippen molar-refractivity contribution >= 4 is 23.2 Å². The Kier molecular flexibility index (Phi) is 4.71. The molecule has 1 aliphatic carbocycles. The zero-order valence-corrected chi connectivity index (χ0v) is 14.5. The van der Waals surface area contributed by atoms with Crippen molar-refractivity contribution in [2.24, 2.45) is 0 Å². The summed E-state index contributed by atoms with van der Waals surface area (Å²) in [4.78, 5) is 25.7. The summed E-state index contributed by atoms with van der Waals surface area (Å²) in [5.41, 5.74) is 1.41. The van der Waals surface area contributed by atoms with E-state index in [1.807, 2.05) is 23.6 Å². The first-order chi connectivity index (χ1) is 11.5. The molecule has 1 amide bonds. The molecule has 4 nitrogen and oxygen atoms in total. The summed E-state index contributed by atoms with van der Waals surface area (Å²) in [5, 5.41) is 14.4. The number of benzene rings is 1.